The molecule has 0 aliphatic carbocycles. The Morgan fingerprint density at radius 2 is 2.00 bits per heavy atom. The van der Waals surface area contributed by atoms with Crippen molar-refractivity contribution in [2.75, 3.05) is 32.7 Å². The molecule has 5 heteroatoms. The van der Waals surface area contributed by atoms with Crippen LogP contribution in [0.5, 0.6) is 0 Å². The van der Waals surface area contributed by atoms with Gasteiger partial charge in [0.1, 0.15) is 5.69 Å². The lowest BCUT2D eigenvalue weighted by molar-refractivity contribution is 0.0550. The molecule has 1 aliphatic rings. The minimum Gasteiger partial charge on any atom is -0.392 e. The Morgan fingerprint density at radius 3 is 2.67 bits per heavy atom. The fourth-order valence-electron chi connectivity index (χ4n) is 2.87. The SMILES string of the molecule is CC(O)CN1CCN(C(=O)c2cc3ccccc3[nH]2)CC1. The lowest BCUT2D eigenvalue weighted by Gasteiger charge is -2.35. The number of amides is 1. The van der Waals surface area contributed by atoms with E-state index < -0.39 is 0 Å². The Bertz CT molecular complexity index is 594. The molecule has 1 unspecified atom stereocenters. The molecular weight excluding hydrogens is 266 g/mol. The molecule has 2 N–H and O–H groups in total. The average Bonchev–Trinajstić information content (AvgIpc) is 2.90. The third kappa shape index (κ3) is 3.09. The van der Waals surface area contributed by atoms with Crippen LogP contribution in [0.2, 0.25) is 0 Å². The number of aliphatic hydroxyl groups excluding tert-OH is 1. The van der Waals surface area contributed by atoms with E-state index in [0.717, 1.165) is 24.0 Å². The predicted octanol–water partition coefficient (Wildman–Crippen LogP) is 1.31. The highest BCUT2D eigenvalue weighted by Gasteiger charge is 2.23. The summed E-state index contributed by atoms with van der Waals surface area (Å²) in [6, 6.07) is 9.83. The number of hydrogen-bond acceptors (Lipinski definition) is 3. The van der Waals surface area contributed by atoms with Crippen molar-refractivity contribution in [2.45, 2.75) is 13.0 Å². The number of fused-ring (bicyclic) bond motifs is 1. The molecule has 1 aliphatic heterocycles. The van der Waals surface area contributed by atoms with Gasteiger partial charge in [-0.2, -0.15) is 0 Å². The minimum atomic E-state index is -0.319. The molecular formula is C16H21N3O2. The Morgan fingerprint density at radius 1 is 1.29 bits per heavy atom. The van der Waals surface area contributed by atoms with Gasteiger partial charge in [-0.3, -0.25) is 9.69 Å². The first-order valence-electron chi connectivity index (χ1n) is 7.41. The first-order chi connectivity index (χ1) is 10.1. The maximum atomic E-state index is 12.5. The van der Waals surface area contributed by atoms with Gasteiger partial charge >= 0.3 is 0 Å². The fraction of sp³-hybridized carbons (Fsp3) is 0.438. The zero-order valence-electron chi connectivity index (χ0n) is 12.2. The summed E-state index contributed by atoms with van der Waals surface area (Å²) >= 11 is 0. The summed E-state index contributed by atoms with van der Waals surface area (Å²) in [6.07, 6.45) is -0.319. The Balaban J connectivity index is 1.66. The Hall–Kier alpha value is -1.85. The van der Waals surface area contributed by atoms with Crippen LogP contribution in [-0.4, -0.2) is 64.6 Å². The van der Waals surface area contributed by atoms with E-state index in [1.54, 1.807) is 6.92 Å². The van der Waals surface area contributed by atoms with Crippen molar-refractivity contribution in [3.63, 3.8) is 0 Å². The maximum absolute atomic E-state index is 12.5. The Kier molecular flexibility index (Phi) is 3.94. The van der Waals surface area contributed by atoms with Crippen molar-refractivity contribution in [1.29, 1.82) is 0 Å². The molecule has 3 rings (SSSR count). The molecule has 1 aromatic heterocycles. The number of nitrogens with zero attached hydrogens (tertiary/aromatic N) is 2. The van der Waals surface area contributed by atoms with Crippen LogP contribution in [0.4, 0.5) is 0 Å². The van der Waals surface area contributed by atoms with Crippen molar-refractivity contribution in [2.24, 2.45) is 0 Å². The number of piperazine rings is 1. The van der Waals surface area contributed by atoms with Gasteiger partial charge in [0.25, 0.3) is 5.91 Å². The average molecular weight is 287 g/mol. The van der Waals surface area contributed by atoms with Crippen molar-refractivity contribution in [1.82, 2.24) is 14.8 Å². The number of carbonyl (C=O) groups is 1. The van der Waals surface area contributed by atoms with Gasteiger partial charge in [0.15, 0.2) is 0 Å². The van der Waals surface area contributed by atoms with Gasteiger partial charge in [-0.05, 0) is 19.1 Å². The lowest BCUT2D eigenvalue weighted by atomic mass is 10.2. The molecule has 0 radical (unpaired) electrons. The second-order valence-electron chi connectivity index (χ2n) is 5.71. The van der Waals surface area contributed by atoms with Crippen LogP contribution >= 0.6 is 0 Å². The largest absolute Gasteiger partial charge is 0.392 e. The molecule has 1 aromatic carbocycles. The standard InChI is InChI=1S/C16H21N3O2/c1-12(20)11-18-6-8-19(9-7-18)16(21)15-10-13-4-2-3-5-14(13)17-15/h2-5,10,12,17,20H,6-9,11H2,1H3. The van der Waals surface area contributed by atoms with Crippen molar-refractivity contribution >= 4 is 16.8 Å². The summed E-state index contributed by atoms with van der Waals surface area (Å²) in [6.45, 7) is 5.52. The molecule has 112 valence electrons. The number of benzene rings is 1. The van der Waals surface area contributed by atoms with E-state index in [9.17, 15) is 9.90 Å². The summed E-state index contributed by atoms with van der Waals surface area (Å²) in [5, 5.41) is 10.5. The van der Waals surface area contributed by atoms with Crippen LogP contribution in [0.15, 0.2) is 30.3 Å². The van der Waals surface area contributed by atoms with Gasteiger partial charge in [-0.15, -0.1) is 0 Å². The van der Waals surface area contributed by atoms with E-state index in [1.165, 1.54) is 0 Å². The number of hydrogen-bond donors (Lipinski definition) is 2. The number of carbonyl (C=O) groups excluding carboxylic acids is 1. The second kappa shape index (κ2) is 5.87. The van der Waals surface area contributed by atoms with E-state index in [0.29, 0.717) is 25.3 Å². The number of aromatic amines is 1. The maximum Gasteiger partial charge on any atom is 0.270 e. The van der Waals surface area contributed by atoms with E-state index in [4.69, 9.17) is 0 Å². The van der Waals surface area contributed by atoms with Crippen LogP contribution in [0.1, 0.15) is 17.4 Å². The quantitative estimate of drug-likeness (QED) is 0.895. The third-order valence-electron chi connectivity index (χ3n) is 3.94. The monoisotopic (exact) mass is 287 g/mol. The topological polar surface area (TPSA) is 59.6 Å². The third-order valence-corrected chi connectivity index (χ3v) is 3.94. The minimum absolute atomic E-state index is 0.0582. The molecule has 1 atom stereocenters. The Labute approximate surface area is 124 Å². The number of aromatic nitrogens is 1. The molecule has 0 bridgehead atoms. The summed E-state index contributed by atoms with van der Waals surface area (Å²) in [7, 11) is 0. The van der Waals surface area contributed by atoms with E-state index in [-0.39, 0.29) is 12.0 Å². The van der Waals surface area contributed by atoms with Gasteiger partial charge in [-0.1, -0.05) is 18.2 Å². The highest BCUT2D eigenvalue weighted by Crippen LogP contribution is 2.16. The van der Waals surface area contributed by atoms with Crippen molar-refractivity contribution < 1.29 is 9.90 Å². The summed E-state index contributed by atoms with van der Waals surface area (Å²) < 4.78 is 0. The van der Waals surface area contributed by atoms with Gasteiger partial charge in [-0.25, -0.2) is 0 Å². The molecule has 0 saturated carbocycles. The fourth-order valence-corrected chi connectivity index (χ4v) is 2.87. The second-order valence-corrected chi connectivity index (χ2v) is 5.71. The number of β-amino-alcohol motifs (C(OH)–C–C–N with tert-alkyl or cyclic N) is 1. The molecule has 1 saturated heterocycles. The zero-order chi connectivity index (χ0) is 14.8. The van der Waals surface area contributed by atoms with Gasteiger partial charge < -0.3 is 15.0 Å². The highest BCUT2D eigenvalue weighted by molar-refractivity contribution is 5.98. The number of rotatable bonds is 3. The van der Waals surface area contributed by atoms with Crippen molar-refractivity contribution in [3.05, 3.63) is 36.0 Å². The summed E-state index contributed by atoms with van der Waals surface area (Å²) in [4.78, 5) is 19.8. The predicted molar refractivity (Wildman–Crippen MR) is 82.3 cm³/mol. The van der Waals surface area contributed by atoms with Crippen LogP contribution in [-0.2, 0) is 0 Å². The lowest BCUT2D eigenvalue weighted by Crippen LogP contribution is -2.50. The number of aliphatic hydroxyl groups is 1. The first-order valence-corrected chi connectivity index (χ1v) is 7.41. The van der Waals surface area contributed by atoms with Crippen LogP contribution < -0.4 is 0 Å². The molecule has 1 amide bonds. The van der Waals surface area contributed by atoms with Crippen molar-refractivity contribution in [3.8, 4) is 0 Å². The molecule has 1 fully saturated rings. The zero-order valence-corrected chi connectivity index (χ0v) is 12.2. The van der Waals surface area contributed by atoms with Crippen LogP contribution in [0.25, 0.3) is 10.9 Å². The molecule has 2 heterocycles. The molecule has 5 nitrogen and oxygen atoms in total. The van der Waals surface area contributed by atoms with Crippen LogP contribution in [0.3, 0.4) is 0 Å². The molecule has 2 aromatic rings. The summed E-state index contributed by atoms with van der Waals surface area (Å²) in [5.41, 5.74) is 1.65. The number of H-pyrrole nitrogens is 1. The first kappa shape index (κ1) is 14.1. The van der Waals surface area contributed by atoms with Gasteiger partial charge in [0.2, 0.25) is 0 Å². The highest BCUT2D eigenvalue weighted by atomic mass is 16.3. The van der Waals surface area contributed by atoms with E-state index in [1.807, 2.05) is 35.2 Å². The number of nitrogens with one attached hydrogen (secondary N) is 1. The summed E-state index contributed by atoms with van der Waals surface area (Å²) in [5.74, 6) is 0.0582. The molecule has 21 heavy (non-hydrogen) atoms. The normalized spacial score (nSPS) is 18.1. The molecule has 0 spiro atoms. The van der Waals surface area contributed by atoms with Gasteiger partial charge in [0.05, 0.1) is 6.10 Å². The number of para-hydroxylation sites is 1. The van der Waals surface area contributed by atoms with Crippen LogP contribution in [0, 0.1) is 0 Å². The van der Waals surface area contributed by atoms with E-state index in [2.05, 4.69) is 9.88 Å². The smallest absolute Gasteiger partial charge is 0.270 e. The van der Waals surface area contributed by atoms with E-state index >= 15 is 0 Å². The van der Waals surface area contributed by atoms with Gasteiger partial charge in [0, 0.05) is 43.6 Å².